The summed E-state index contributed by atoms with van der Waals surface area (Å²) in [5.74, 6) is 0.256. The van der Waals surface area contributed by atoms with E-state index in [9.17, 15) is 0 Å². The van der Waals surface area contributed by atoms with Crippen molar-refractivity contribution in [3.05, 3.63) is 230 Å². The molecule has 2 unspecified atom stereocenters. The van der Waals surface area contributed by atoms with E-state index in [0.29, 0.717) is 0 Å². The van der Waals surface area contributed by atoms with Gasteiger partial charge in [-0.15, -0.1) is 0 Å². The number of rotatable bonds is 6. The summed E-state index contributed by atoms with van der Waals surface area (Å²) >= 11 is 0. The molecule has 0 saturated heterocycles. The molecular weight excluding hydrogens is 677 g/mol. The molecule has 1 aromatic heterocycles. The number of nitrogens with zero attached hydrogens (tertiary/aromatic N) is 2. The Hall–Kier alpha value is -7.16. The Bertz CT molecular complexity index is 2970. The van der Waals surface area contributed by atoms with Gasteiger partial charge in [-0.25, -0.2) is 0 Å². The van der Waals surface area contributed by atoms with Gasteiger partial charge in [-0.05, 0) is 105 Å². The van der Waals surface area contributed by atoms with Crippen LogP contribution in [0.2, 0.25) is 0 Å². The molecule has 56 heavy (non-hydrogen) atoms. The fourth-order valence-corrected chi connectivity index (χ4v) is 9.05. The largest absolute Gasteiger partial charge is 0.333 e. The summed E-state index contributed by atoms with van der Waals surface area (Å²) < 4.78 is 2.41. The van der Waals surface area contributed by atoms with Gasteiger partial charge < -0.3 is 9.47 Å². The van der Waals surface area contributed by atoms with Crippen LogP contribution >= 0.6 is 0 Å². The minimum absolute atomic E-state index is 0.218. The average Bonchev–Trinajstić information content (AvgIpc) is 3.79. The minimum atomic E-state index is 0.218. The summed E-state index contributed by atoms with van der Waals surface area (Å²) in [7, 11) is 0. The second-order valence-electron chi connectivity index (χ2n) is 14.9. The third-order valence-electron chi connectivity index (χ3n) is 11.7. The Labute approximate surface area is 327 Å². The normalized spacial score (nSPS) is 15.9. The Morgan fingerprint density at radius 3 is 1.79 bits per heavy atom. The fraction of sp³-hybridized carbons (Fsp3) is 0.0370. The Morgan fingerprint density at radius 2 is 0.964 bits per heavy atom. The summed E-state index contributed by atoms with van der Waals surface area (Å²) in [6.45, 7) is 0. The Kier molecular flexibility index (Phi) is 7.67. The van der Waals surface area contributed by atoms with Crippen molar-refractivity contribution in [1.29, 1.82) is 0 Å². The van der Waals surface area contributed by atoms with Crippen LogP contribution in [0.5, 0.6) is 0 Å². The summed E-state index contributed by atoms with van der Waals surface area (Å²) in [5.41, 5.74) is 17.3. The molecule has 2 atom stereocenters. The minimum Gasteiger partial charge on any atom is -0.333 e. The molecule has 2 heterocycles. The van der Waals surface area contributed by atoms with Gasteiger partial charge in [-0.1, -0.05) is 164 Å². The van der Waals surface area contributed by atoms with Crippen molar-refractivity contribution >= 4 is 38.8 Å². The van der Waals surface area contributed by atoms with Crippen LogP contribution in [0.1, 0.15) is 17.0 Å². The molecule has 0 fully saturated rings. The van der Waals surface area contributed by atoms with Crippen LogP contribution < -0.4 is 4.90 Å². The molecule has 0 radical (unpaired) electrons. The van der Waals surface area contributed by atoms with Crippen LogP contribution in [-0.2, 0) is 0 Å². The monoisotopic (exact) mass is 714 g/mol. The van der Waals surface area contributed by atoms with Gasteiger partial charge in [-0.2, -0.15) is 0 Å². The van der Waals surface area contributed by atoms with Crippen molar-refractivity contribution < 1.29 is 0 Å². The van der Waals surface area contributed by atoms with E-state index in [1.807, 2.05) is 0 Å². The second-order valence-corrected chi connectivity index (χ2v) is 14.9. The van der Waals surface area contributed by atoms with E-state index in [0.717, 1.165) is 5.69 Å². The fourth-order valence-electron chi connectivity index (χ4n) is 9.05. The van der Waals surface area contributed by atoms with Gasteiger partial charge in [0.1, 0.15) is 0 Å². The molecule has 0 saturated carbocycles. The molecule has 2 nitrogen and oxygen atoms in total. The highest BCUT2D eigenvalue weighted by molar-refractivity contribution is 6.10. The highest BCUT2D eigenvalue weighted by Gasteiger charge is 2.38. The number of benzene rings is 8. The molecule has 1 aliphatic heterocycles. The predicted molar refractivity (Wildman–Crippen MR) is 236 cm³/mol. The average molecular weight is 715 g/mol. The van der Waals surface area contributed by atoms with Crippen molar-refractivity contribution in [1.82, 2.24) is 4.57 Å². The third kappa shape index (κ3) is 5.41. The van der Waals surface area contributed by atoms with Crippen LogP contribution in [0.15, 0.2) is 218 Å². The maximum absolute atomic E-state index is 2.51. The lowest BCUT2D eigenvalue weighted by molar-refractivity contribution is 0.747. The maximum atomic E-state index is 2.51. The first kappa shape index (κ1) is 32.3. The van der Waals surface area contributed by atoms with Gasteiger partial charge in [0.05, 0.1) is 17.1 Å². The van der Waals surface area contributed by atoms with Gasteiger partial charge in [0.2, 0.25) is 0 Å². The smallest absolute Gasteiger partial charge is 0.0630 e. The van der Waals surface area contributed by atoms with Crippen molar-refractivity contribution in [2.75, 3.05) is 4.90 Å². The topological polar surface area (TPSA) is 8.17 Å². The predicted octanol–water partition coefficient (Wildman–Crippen LogP) is 14.0. The summed E-state index contributed by atoms with van der Waals surface area (Å²) in [5, 5.41) is 2.52. The van der Waals surface area contributed by atoms with Crippen LogP contribution in [0, 0.1) is 0 Å². The molecule has 0 N–H and O–H groups in total. The van der Waals surface area contributed by atoms with Gasteiger partial charge in [0, 0.05) is 33.8 Å². The van der Waals surface area contributed by atoms with Crippen molar-refractivity contribution in [3.8, 4) is 39.1 Å². The van der Waals surface area contributed by atoms with E-state index in [1.54, 1.807) is 0 Å². The molecule has 0 spiro atoms. The standard InChI is InChI=1S/C54H38N2/c1-3-13-37(14-4-1)39-25-29-45(30-26-39)55-51-23-9-7-21-47(51)49-35-43(27-31-53(49)55)40-17-11-18-41(33-40)44-28-32-54-50(36-44)48-22-8-10-24-52(48)56(54)46-20-12-19-42(34-46)38-15-5-2-6-16-38/h1-36,49,53H. The van der Waals surface area contributed by atoms with Crippen molar-refractivity contribution in [2.45, 2.75) is 12.0 Å². The number of allylic oxidation sites excluding steroid dienone is 2. The highest BCUT2D eigenvalue weighted by atomic mass is 15.2. The maximum Gasteiger partial charge on any atom is 0.0630 e. The number of aromatic nitrogens is 1. The number of fused-ring (bicyclic) bond motifs is 6. The number of anilines is 2. The molecule has 0 bridgehead atoms. The Morgan fingerprint density at radius 1 is 0.375 bits per heavy atom. The van der Waals surface area contributed by atoms with Crippen LogP contribution in [0.4, 0.5) is 11.4 Å². The van der Waals surface area contributed by atoms with Gasteiger partial charge in [-0.3, -0.25) is 0 Å². The zero-order chi connectivity index (χ0) is 37.0. The van der Waals surface area contributed by atoms with Gasteiger partial charge >= 0.3 is 0 Å². The lowest BCUT2D eigenvalue weighted by Gasteiger charge is -2.30. The van der Waals surface area contributed by atoms with E-state index in [4.69, 9.17) is 0 Å². The molecule has 1 aliphatic carbocycles. The third-order valence-corrected chi connectivity index (χ3v) is 11.7. The molecular formula is C54H38N2. The summed E-state index contributed by atoms with van der Waals surface area (Å²) in [6.07, 6.45) is 7.23. The first-order valence-corrected chi connectivity index (χ1v) is 19.5. The van der Waals surface area contributed by atoms with Gasteiger partial charge in [0.25, 0.3) is 0 Å². The molecule has 264 valence electrons. The lowest BCUT2D eigenvalue weighted by atomic mass is 9.85. The molecule has 2 heteroatoms. The lowest BCUT2D eigenvalue weighted by Crippen LogP contribution is -2.28. The number of para-hydroxylation sites is 2. The molecule has 9 aromatic rings. The molecule has 0 amide bonds. The molecule has 2 aliphatic rings. The van der Waals surface area contributed by atoms with Crippen LogP contribution in [0.3, 0.4) is 0 Å². The van der Waals surface area contributed by atoms with Crippen LogP contribution in [0.25, 0.3) is 66.4 Å². The van der Waals surface area contributed by atoms with Gasteiger partial charge in [0.15, 0.2) is 0 Å². The summed E-state index contributed by atoms with van der Waals surface area (Å²) in [6, 6.07) is 73.1. The van der Waals surface area contributed by atoms with Crippen molar-refractivity contribution in [3.63, 3.8) is 0 Å². The highest BCUT2D eigenvalue weighted by Crippen LogP contribution is 2.49. The first-order chi connectivity index (χ1) is 27.8. The zero-order valence-corrected chi connectivity index (χ0v) is 30.8. The summed E-state index contributed by atoms with van der Waals surface area (Å²) in [4.78, 5) is 2.51. The molecule has 8 aromatic carbocycles. The Balaban J connectivity index is 0.935. The quantitative estimate of drug-likeness (QED) is 0.166. The van der Waals surface area contributed by atoms with E-state index in [1.165, 1.54) is 83.3 Å². The number of hydrogen-bond donors (Lipinski definition) is 0. The van der Waals surface area contributed by atoms with Crippen molar-refractivity contribution in [2.24, 2.45) is 0 Å². The second kappa shape index (κ2) is 13.3. The SMILES string of the molecule is C1=CC2C(C=C1c1cccc(-c3ccc4c(c3)c3ccccc3n4-c3cccc(-c4ccccc4)c3)c1)c1ccccc1N2c1ccc(-c2ccccc2)cc1. The molecule has 11 rings (SSSR count). The number of hydrogen-bond acceptors (Lipinski definition) is 1. The zero-order valence-electron chi connectivity index (χ0n) is 30.8. The van der Waals surface area contributed by atoms with E-state index in [-0.39, 0.29) is 12.0 Å². The van der Waals surface area contributed by atoms with E-state index in [2.05, 4.69) is 228 Å². The van der Waals surface area contributed by atoms with Crippen LogP contribution in [-0.4, -0.2) is 10.6 Å². The first-order valence-electron chi connectivity index (χ1n) is 19.5. The van der Waals surface area contributed by atoms with E-state index < -0.39 is 0 Å². The van der Waals surface area contributed by atoms with E-state index >= 15 is 0 Å².